The molecule has 0 aromatic carbocycles. The zero-order valence-corrected chi connectivity index (χ0v) is 17.3. The Bertz CT molecular complexity index is 540. The Labute approximate surface area is 162 Å². The summed E-state index contributed by atoms with van der Waals surface area (Å²) in [5, 5.41) is 12.5. The van der Waals surface area contributed by atoms with Crippen molar-refractivity contribution in [1.82, 2.24) is 5.32 Å². The molecule has 2 rings (SSSR count). The van der Waals surface area contributed by atoms with Crippen molar-refractivity contribution in [2.45, 2.75) is 90.9 Å². The summed E-state index contributed by atoms with van der Waals surface area (Å²) in [4.78, 5) is 24.8. The van der Waals surface area contributed by atoms with Gasteiger partial charge in [0.05, 0.1) is 18.2 Å². The molecule has 7 heteroatoms. The van der Waals surface area contributed by atoms with Gasteiger partial charge >= 0.3 is 5.97 Å². The summed E-state index contributed by atoms with van der Waals surface area (Å²) in [5.41, 5.74) is 6.30. The van der Waals surface area contributed by atoms with Crippen LogP contribution in [0.15, 0.2) is 0 Å². The zero-order chi connectivity index (χ0) is 20.5. The van der Waals surface area contributed by atoms with Crippen LogP contribution in [0, 0.1) is 23.7 Å². The molecular weight excluding hydrogens is 348 g/mol. The van der Waals surface area contributed by atoms with Gasteiger partial charge in [-0.25, -0.2) is 4.79 Å². The van der Waals surface area contributed by atoms with Crippen LogP contribution in [-0.2, 0) is 19.1 Å². The van der Waals surface area contributed by atoms with Crippen molar-refractivity contribution in [3.05, 3.63) is 0 Å². The number of amides is 1. The fourth-order valence-electron chi connectivity index (χ4n) is 4.54. The minimum Gasteiger partial charge on any atom is -0.479 e. The first kappa shape index (κ1) is 22.1. The maximum absolute atomic E-state index is 13.0. The minimum absolute atomic E-state index is 0.0331. The molecule has 0 aromatic heterocycles. The molecule has 10 unspecified atom stereocenters. The Morgan fingerprint density at radius 3 is 1.85 bits per heavy atom. The van der Waals surface area contributed by atoms with Gasteiger partial charge in [-0.2, -0.15) is 0 Å². The highest BCUT2D eigenvalue weighted by Gasteiger charge is 2.47. The number of carboxylic acids is 1. The number of carbonyl (C=O) groups excluding carboxylic acids is 1. The van der Waals surface area contributed by atoms with Gasteiger partial charge in [-0.3, -0.25) is 4.79 Å². The largest absolute Gasteiger partial charge is 0.479 e. The monoisotopic (exact) mass is 384 g/mol. The lowest BCUT2D eigenvalue weighted by Crippen LogP contribution is -2.64. The highest BCUT2D eigenvalue weighted by Crippen LogP contribution is 2.34. The Morgan fingerprint density at radius 1 is 0.889 bits per heavy atom. The van der Waals surface area contributed by atoms with E-state index >= 15 is 0 Å². The number of nitrogens with two attached hydrogens (primary N) is 1. The Morgan fingerprint density at radius 2 is 1.37 bits per heavy atom. The molecule has 2 aliphatic rings. The summed E-state index contributed by atoms with van der Waals surface area (Å²) in [6, 6.07) is -1.04. The average molecular weight is 385 g/mol. The molecule has 2 aliphatic heterocycles. The summed E-state index contributed by atoms with van der Waals surface area (Å²) in [7, 11) is 0. The van der Waals surface area contributed by atoms with E-state index in [4.69, 9.17) is 15.2 Å². The van der Waals surface area contributed by atoms with Crippen molar-refractivity contribution in [3.63, 3.8) is 0 Å². The molecule has 2 fully saturated rings. The second kappa shape index (κ2) is 8.88. The smallest absolute Gasteiger partial charge is 0.335 e. The Hall–Kier alpha value is -1.18. The van der Waals surface area contributed by atoms with E-state index in [2.05, 4.69) is 12.2 Å². The molecule has 7 nitrogen and oxygen atoms in total. The van der Waals surface area contributed by atoms with Crippen molar-refractivity contribution >= 4 is 11.9 Å². The summed E-state index contributed by atoms with van der Waals surface area (Å²) < 4.78 is 11.8. The van der Waals surface area contributed by atoms with E-state index in [9.17, 15) is 14.7 Å². The van der Waals surface area contributed by atoms with Gasteiger partial charge in [-0.1, -0.05) is 41.5 Å². The van der Waals surface area contributed by atoms with E-state index < -0.39 is 30.3 Å². The predicted octanol–water partition coefficient (Wildman–Crippen LogP) is 1.78. The van der Waals surface area contributed by atoms with Crippen molar-refractivity contribution in [3.8, 4) is 0 Å². The second-order valence-corrected chi connectivity index (χ2v) is 8.39. The molecule has 10 atom stereocenters. The lowest BCUT2D eigenvalue weighted by molar-refractivity contribution is -0.178. The summed E-state index contributed by atoms with van der Waals surface area (Å²) in [5.74, 6) is -0.888. The summed E-state index contributed by atoms with van der Waals surface area (Å²) in [6.45, 7) is 12.2. The number of carbonyl (C=O) groups is 2. The van der Waals surface area contributed by atoms with E-state index in [1.807, 2.05) is 34.6 Å². The summed E-state index contributed by atoms with van der Waals surface area (Å²) >= 11 is 0. The van der Waals surface area contributed by atoms with Gasteiger partial charge in [0, 0.05) is 6.04 Å². The Kier molecular flexibility index (Phi) is 7.27. The first-order valence-corrected chi connectivity index (χ1v) is 10.2. The maximum Gasteiger partial charge on any atom is 0.335 e. The fourth-order valence-corrected chi connectivity index (χ4v) is 4.54. The maximum atomic E-state index is 13.0. The lowest BCUT2D eigenvalue weighted by atomic mass is 9.77. The molecule has 0 spiro atoms. The third kappa shape index (κ3) is 4.30. The van der Waals surface area contributed by atoms with E-state index in [0.29, 0.717) is 0 Å². The van der Waals surface area contributed by atoms with E-state index in [-0.39, 0.29) is 41.8 Å². The number of rotatable bonds is 5. The first-order chi connectivity index (χ1) is 12.6. The van der Waals surface area contributed by atoms with Crippen LogP contribution in [-0.4, -0.2) is 53.5 Å². The molecule has 2 heterocycles. The van der Waals surface area contributed by atoms with Gasteiger partial charge in [-0.15, -0.1) is 0 Å². The molecule has 0 saturated carbocycles. The number of hydrogen-bond donors (Lipinski definition) is 3. The topological polar surface area (TPSA) is 111 Å². The molecule has 2 saturated heterocycles. The average Bonchev–Trinajstić information content (AvgIpc) is 2.63. The third-order valence-electron chi connectivity index (χ3n) is 6.94. The van der Waals surface area contributed by atoms with Gasteiger partial charge in [0.25, 0.3) is 5.91 Å². The molecular formula is C20H36N2O5. The quantitative estimate of drug-likeness (QED) is 0.666. The molecule has 4 N–H and O–H groups in total. The van der Waals surface area contributed by atoms with Gasteiger partial charge in [0.15, 0.2) is 12.2 Å². The van der Waals surface area contributed by atoms with Gasteiger partial charge in [0.1, 0.15) is 0 Å². The number of ether oxygens (including phenoxy) is 2. The molecule has 0 aromatic rings. The molecule has 0 aliphatic carbocycles. The van der Waals surface area contributed by atoms with Crippen LogP contribution < -0.4 is 11.1 Å². The number of nitrogens with one attached hydrogen (secondary N) is 1. The van der Waals surface area contributed by atoms with Gasteiger partial charge in [0.2, 0.25) is 0 Å². The lowest BCUT2D eigenvalue weighted by Gasteiger charge is -2.46. The van der Waals surface area contributed by atoms with E-state index in [0.717, 1.165) is 12.8 Å². The SMILES string of the molecule is CCC1OC(C(=O)NC2C(C(=O)O)OC(CC)C(C)C2C)C(N)C(C)C1C. The number of aliphatic carboxylic acids is 1. The van der Waals surface area contributed by atoms with Crippen molar-refractivity contribution in [2.75, 3.05) is 0 Å². The molecule has 0 bridgehead atoms. The van der Waals surface area contributed by atoms with Crippen molar-refractivity contribution < 1.29 is 24.2 Å². The molecule has 1 amide bonds. The van der Waals surface area contributed by atoms with Crippen LogP contribution >= 0.6 is 0 Å². The van der Waals surface area contributed by atoms with Crippen LogP contribution in [0.5, 0.6) is 0 Å². The van der Waals surface area contributed by atoms with Crippen molar-refractivity contribution in [1.29, 1.82) is 0 Å². The molecule has 27 heavy (non-hydrogen) atoms. The predicted molar refractivity (Wildman–Crippen MR) is 102 cm³/mol. The standard InChI is InChI=1S/C20H36N2O5/c1-7-13-9(3)11(5)15(21)17(26-13)19(23)22-16-12(6)10(4)14(8-2)27-18(16)20(24)25/h9-18H,7-8,21H2,1-6H3,(H,22,23)(H,24,25). The van der Waals surface area contributed by atoms with Crippen LogP contribution in [0.1, 0.15) is 54.4 Å². The van der Waals surface area contributed by atoms with Crippen LogP contribution in [0.4, 0.5) is 0 Å². The van der Waals surface area contributed by atoms with E-state index in [1.165, 1.54) is 0 Å². The highest BCUT2D eigenvalue weighted by molar-refractivity contribution is 5.83. The van der Waals surface area contributed by atoms with Crippen LogP contribution in [0.2, 0.25) is 0 Å². The first-order valence-electron chi connectivity index (χ1n) is 10.2. The molecule has 156 valence electrons. The van der Waals surface area contributed by atoms with Crippen molar-refractivity contribution in [2.24, 2.45) is 29.4 Å². The third-order valence-corrected chi connectivity index (χ3v) is 6.94. The van der Waals surface area contributed by atoms with E-state index in [1.54, 1.807) is 0 Å². The number of carboxylic acid groups (broad SMARTS) is 1. The fraction of sp³-hybridized carbons (Fsp3) is 0.900. The van der Waals surface area contributed by atoms with Gasteiger partial charge in [-0.05, 0) is 36.5 Å². The highest BCUT2D eigenvalue weighted by atomic mass is 16.5. The minimum atomic E-state index is -1.07. The van der Waals surface area contributed by atoms with Crippen LogP contribution in [0.25, 0.3) is 0 Å². The number of hydrogen-bond acceptors (Lipinski definition) is 5. The molecule has 0 radical (unpaired) electrons. The normalized spacial score (nSPS) is 45.3. The van der Waals surface area contributed by atoms with Crippen LogP contribution in [0.3, 0.4) is 0 Å². The second-order valence-electron chi connectivity index (χ2n) is 8.39. The van der Waals surface area contributed by atoms with Gasteiger partial charge < -0.3 is 25.6 Å². The Balaban J connectivity index is 2.17. The summed E-state index contributed by atoms with van der Waals surface area (Å²) in [6.07, 6.45) is -0.467. The zero-order valence-electron chi connectivity index (χ0n) is 17.3.